The van der Waals surface area contributed by atoms with E-state index in [0.29, 0.717) is 5.56 Å². The van der Waals surface area contributed by atoms with Gasteiger partial charge in [0.05, 0.1) is 17.8 Å². The fourth-order valence-corrected chi connectivity index (χ4v) is 3.03. The molecule has 1 aromatic heterocycles. The average Bonchev–Trinajstić information content (AvgIpc) is 3.10. The molecule has 1 fully saturated rings. The molecule has 5 heteroatoms. The van der Waals surface area contributed by atoms with Crippen molar-refractivity contribution >= 4 is 5.91 Å². The molecule has 1 aromatic carbocycles. The summed E-state index contributed by atoms with van der Waals surface area (Å²) >= 11 is 0. The summed E-state index contributed by atoms with van der Waals surface area (Å²) in [7, 11) is 0. The first-order chi connectivity index (χ1) is 11.2. The van der Waals surface area contributed by atoms with Crippen LogP contribution in [-0.2, 0) is 13.0 Å². The van der Waals surface area contributed by atoms with Gasteiger partial charge in [0.2, 0.25) is 0 Å². The number of piperazine rings is 1. The molecular weight excluding hydrogens is 288 g/mol. The van der Waals surface area contributed by atoms with E-state index < -0.39 is 0 Å². The van der Waals surface area contributed by atoms with Crippen molar-refractivity contribution in [3.05, 3.63) is 53.3 Å². The summed E-state index contributed by atoms with van der Waals surface area (Å²) in [6.45, 7) is 7.28. The van der Waals surface area contributed by atoms with Crippen LogP contribution in [0.3, 0.4) is 0 Å². The zero-order valence-corrected chi connectivity index (χ0v) is 13.8. The second-order valence-electron chi connectivity index (χ2n) is 5.90. The lowest BCUT2D eigenvalue weighted by Gasteiger charge is -2.36. The zero-order valence-electron chi connectivity index (χ0n) is 13.8. The van der Waals surface area contributed by atoms with Gasteiger partial charge in [0.15, 0.2) is 0 Å². The van der Waals surface area contributed by atoms with E-state index >= 15 is 0 Å². The molecule has 0 saturated carbocycles. The molecule has 3 rings (SSSR count). The Hall–Kier alpha value is -2.14. The molecule has 0 aliphatic carbocycles. The number of aromatic nitrogens is 2. The summed E-state index contributed by atoms with van der Waals surface area (Å²) < 4.78 is 1.79. The predicted molar refractivity (Wildman–Crippen MR) is 90.4 cm³/mol. The van der Waals surface area contributed by atoms with Crippen LogP contribution in [0.4, 0.5) is 0 Å². The molecule has 1 aliphatic heterocycles. The number of carbonyl (C=O) groups is 1. The summed E-state index contributed by atoms with van der Waals surface area (Å²) in [4.78, 5) is 14.8. The summed E-state index contributed by atoms with van der Waals surface area (Å²) in [5, 5.41) is 7.62. The topological polar surface area (TPSA) is 50.2 Å². The molecule has 2 aromatic rings. The third-order valence-electron chi connectivity index (χ3n) is 4.48. The van der Waals surface area contributed by atoms with Gasteiger partial charge in [-0.2, -0.15) is 5.10 Å². The fraction of sp³-hybridized carbons (Fsp3) is 0.444. The van der Waals surface area contributed by atoms with Gasteiger partial charge in [-0.3, -0.25) is 9.48 Å². The van der Waals surface area contributed by atoms with Crippen LogP contribution in [0.25, 0.3) is 0 Å². The van der Waals surface area contributed by atoms with Crippen molar-refractivity contribution in [1.29, 1.82) is 0 Å². The number of hydrogen-bond donors (Lipinski definition) is 1. The highest BCUT2D eigenvalue weighted by molar-refractivity contribution is 5.94. The first-order valence-electron chi connectivity index (χ1n) is 8.36. The molecule has 0 radical (unpaired) electrons. The van der Waals surface area contributed by atoms with E-state index in [-0.39, 0.29) is 11.9 Å². The minimum absolute atomic E-state index is 0.0655. The molecule has 23 heavy (non-hydrogen) atoms. The largest absolute Gasteiger partial charge is 0.329 e. The summed E-state index contributed by atoms with van der Waals surface area (Å²) in [6.07, 6.45) is 4.54. The van der Waals surface area contributed by atoms with Gasteiger partial charge < -0.3 is 10.2 Å². The number of benzene rings is 1. The van der Waals surface area contributed by atoms with Crippen LogP contribution in [0.1, 0.15) is 41.4 Å². The van der Waals surface area contributed by atoms with Crippen molar-refractivity contribution in [2.24, 2.45) is 0 Å². The molecule has 0 bridgehead atoms. The second kappa shape index (κ2) is 6.96. The lowest BCUT2D eigenvalue weighted by molar-refractivity contribution is 0.0634. The van der Waals surface area contributed by atoms with E-state index in [1.807, 2.05) is 18.0 Å². The molecule has 1 atom stereocenters. The standard InChI is InChI=1S/C18H24N4O/c1-3-14-5-7-15(8-6-14)17-12-19-9-10-22(17)18(23)16-11-20-21(4-2)13-16/h5-8,11,13,17,19H,3-4,9-10,12H2,1-2H3. The Kier molecular flexibility index (Phi) is 4.76. The van der Waals surface area contributed by atoms with Crippen molar-refractivity contribution in [2.45, 2.75) is 32.9 Å². The van der Waals surface area contributed by atoms with Crippen LogP contribution in [-0.4, -0.2) is 40.2 Å². The third kappa shape index (κ3) is 3.29. The smallest absolute Gasteiger partial charge is 0.257 e. The normalized spacial score (nSPS) is 18.2. The second-order valence-corrected chi connectivity index (χ2v) is 5.90. The minimum atomic E-state index is 0.0655. The van der Waals surface area contributed by atoms with Crippen LogP contribution < -0.4 is 5.32 Å². The van der Waals surface area contributed by atoms with Crippen LogP contribution in [0.2, 0.25) is 0 Å². The lowest BCUT2D eigenvalue weighted by atomic mass is 10.0. The Labute approximate surface area is 137 Å². The molecule has 0 spiro atoms. The number of aryl methyl sites for hydroxylation is 2. The van der Waals surface area contributed by atoms with Gasteiger partial charge in [-0.25, -0.2) is 0 Å². The Bertz CT molecular complexity index is 662. The Morgan fingerprint density at radius 3 is 2.74 bits per heavy atom. The molecule has 1 N–H and O–H groups in total. The fourth-order valence-electron chi connectivity index (χ4n) is 3.03. The van der Waals surface area contributed by atoms with Gasteiger partial charge in [-0.05, 0) is 24.5 Å². The maximum absolute atomic E-state index is 12.9. The van der Waals surface area contributed by atoms with Gasteiger partial charge in [-0.15, -0.1) is 0 Å². The molecule has 1 unspecified atom stereocenters. The maximum atomic E-state index is 12.9. The summed E-state index contributed by atoms with van der Waals surface area (Å²) in [5.74, 6) is 0.0655. The van der Waals surface area contributed by atoms with Crippen molar-refractivity contribution < 1.29 is 4.79 Å². The van der Waals surface area contributed by atoms with Crippen LogP contribution in [0.5, 0.6) is 0 Å². The number of carbonyl (C=O) groups excluding carboxylic acids is 1. The molecular formula is C18H24N4O. The van der Waals surface area contributed by atoms with Gasteiger partial charge in [0.1, 0.15) is 0 Å². The van der Waals surface area contributed by atoms with Gasteiger partial charge in [0.25, 0.3) is 5.91 Å². The predicted octanol–water partition coefficient (Wildman–Crippen LogP) is 2.25. The van der Waals surface area contributed by atoms with Crippen LogP contribution >= 0.6 is 0 Å². The molecule has 1 amide bonds. The molecule has 5 nitrogen and oxygen atoms in total. The number of hydrogen-bond acceptors (Lipinski definition) is 3. The van der Waals surface area contributed by atoms with Crippen molar-refractivity contribution in [2.75, 3.05) is 19.6 Å². The van der Waals surface area contributed by atoms with Crippen LogP contribution in [0, 0.1) is 0 Å². The first kappa shape index (κ1) is 15.7. The van der Waals surface area contributed by atoms with E-state index in [4.69, 9.17) is 0 Å². The molecule has 1 aliphatic rings. The third-order valence-corrected chi connectivity index (χ3v) is 4.48. The monoisotopic (exact) mass is 312 g/mol. The maximum Gasteiger partial charge on any atom is 0.257 e. The van der Waals surface area contributed by atoms with Gasteiger partial charge in [-0.1, -0.05) is 31.2 Å². The van der Waals surface area contributed by atoms with Crippen molar-refractivity contribution in [3.8, 4) is 0 Å². The van der Waals surface area contributed by atoms with E-state index in [1.54, 1.807) is 10.9 Å². The van der Waals surface area contributed by atoms with Gasteiger partial charge >= 0.3 is 0 Å². The lowest BCUT2D eigenvalue weighted by Crippen LogP contribution is -2.48. The number of rotatable bonds is 4. The van der Waals surface area contributed by atoms with Gasteiger partial charge in [0, 0.05) is 32.4 Å². The van der Waals surface area contributed by atoms with E-state index in [2.05, 4.69) is 41.6 Å². The Morgan fingerprint density at radius 2 is 2.09 bits per heavy atom. The number of nitrogens with one attached hydrogen (secondary N) is 1. The molecule has 122 valence electrons. The highest BCUT2D eigenvalue weighted by Crippen LogP contribution is 2.24. The number of nitrogens with zero attached hydrogens (tertiary/aromatic N) is 3. The number of amides is 1. The molecule has 2 heterocycles. The summed E-state index contributed by atoms with van der Waals surface area (Å²) in [5.41, 5.74) is 3.18. The minimum Gasteiger partial charge on any atom is -0.329 e. The summed E-state index contributed by atoms with van der Waals surface area (Å²) in [6, 6.07) is 8.68. The van der Waals surface area contributed by atoms with Crippen molar-refractivity contribution in [1.82, 2.24) is 20.0 Å². The highest BCUT2D eigenvalue weighted by Gasteiger charge is 2.29. The average molecular weight is 312 g/mol. The van der Waals surface area contributed by atoms with E-state index in [0.717, 1.165) is 32.6 Å². The quantitative estimate of drug-likeness (QED) is 0.942. The first-order valence-corrected chi connectivity index (χ1v) is 8.36. The van der Waals surface area contributed by atoms with E-state index in [1.165, 1.54) is 11.1 Å². The Balaban J connectivity index is 1.83. The SMILES string of the molecule is CCc1ccc(C2CNCCN2C(=O)c2cnn(CC)c2)cc1. The van der Waals surface area contributed by atoms with E-state index in [9.17, 15) is 4.79 Å². The zero-order chi connectivity index (χ0) is 16.2. The van der Waals surface area contributed by atoms with Crippen molar-refractivity contribution in [3.63, 3.8) is 0 Å². The van der Waals surface area contributed by atoms with Crippen LogP contribution in [0.15, 0.2) is 36.7 Å². The Morgan fingerprint density at radius 1 is 1.30 bits per heavy atom. The highest BCUT2D eigenvalue weighted by atomic mass is 16.2. The molecule has 1 saturated heterocycles.